The molecule has 0 saturated heterocycles. The fourth-order valence-electron chi connectivity index (χ4n) is 1.32. The zero-order valence-electron chi connectivity index (χ0n) is 8.40. The standard InChI is InChI=1S/C10H13N3S/c1-3-4-8-7-14-10(11-8)9-5-6-13(2)12-9/h5-7H,3-4H2,1-2H3. The number of aromatic nitrogens is 3. The normalized spacial score (nSPS) is 10.7. The van der Waals surface area contributed by atoms with E-state index < -0.39 is 0 Å². The molecule has 2 aromatic heterocycles. The molecule has 0 bridgehead atoms. The van der Waals surface area contributed by atoms with E-state index in [-0.39, 0.29) is 0 Å². The van der Waals surface area contributed by atoms with E-state index in [1.807, 2.05) is 19.3 Å². The zero-order chi connectivity index (χ0) is 9.97. The van der Waals surface area contributed by atoms with Crippen molar-refractivity contribution in [1.82, 2.24) is 14.8 Å². The van der Waals surface area contributed by atoms with Gasteiger partial charge in [-0.05, 0) is 12.5 Å². The molecule has 74 valence electrons. The van der Waals surface area contributed by atoms with Gasteiger partial charge in [-0.2, -0.15) is 5.10 Å². The molecule has 3 nitrogen and oxygen atoms in total. The molecule has 2 aromatic rings. The molecule has 0 aliphatic carbocycles. The van der Waals surface area contributed by atoms with Crippen molar-refractivity contribution in [3.63, 3.8) is 0 Å². The van der Waals surface area contributed by atoms with Gasteiger partial charge >= 0.3 is 0 Å². The van der Waals surface area contributed by atoms with Crippen molar-refractivity contribution in [3.8, 4) is 10.7 Å². The van der Waals surface area contributed by atoms with Gasteiger partial charge in [0.2, 0.25) is 0 Å². The molecule has 0 spiro atoms. The lowest BCUT2D eigenvalue weighted by Crippen LogP contribution is -1.88. The molecule has 4 heteroatoms. The summed E-state index contributed by atoms with van der Waals surface area (Å²) in [7, 11) is 1.92. The van der Waals surface area contributed by atoms with Crippen LogP contribution in [0.2, 0.25) is 0 Å². The van der Waals surface area contributed by atoms with Crippen molar-refractivity contribution < 1.29 is 0 Å². The van der Waals surface area contributed by atoms with Crippen LogP contribution in [0.3, 0.4) is 0 Å². The first-order chi connectivity index (χ1) is 6.79. The Bertz CT molecular complexity index is 416. The highest BCUT2D eigenvalue weighted by Crippen LogP contribution is 2.22. The third kappa shape index (κ3) is 1.85. The second-order valence-corrected chi connectivity index (χ2v) is 4.13. The molecule has 0 radical (unpaired) electrons. The van der Waals surface area contributed by atoms with Gasteiger partial charge in [0.25, 0.3) is 0 Å². The van der Waals surface area contributed by atoms with E-state index in [9.17, 15) is 0 Å². The summed E-state index contributed by atoms with van der Waals surface area (Å²) in [6, 6.07) is 1.99. The number of hydrogen-bond acceptors (Lipinski definition) is 3. The van der Waals surface area contributed by atoms with Gasteiger partial charge < -0.3 is 0 Å². The Morgan fingerprint density at radius 1 is 1.50 bits per heavy atom. The fraction of sp³-hybridized carbons (Fsp3) is 0.400. The third-order valence-electron chi connectivity index (χ3n) is 1.99. The Morgan fingerprint density at radius 2 is 2.36 bits per heavy atom. The summed E-state index contributed by atoms with van der Waals surface area (Å²) in [6.07, 6.45) is 4.14. The monoisotopic (exact) mass is 207 g/mol. The zero-order valence-corrected chi connectivity index (χ0v) is 9.21. The largest absolute Gasteiger partial charge is 0.275 e. The molecule has 0 atom stereocenters. The Morgan fingerprint density at radius 3 is 3.00 bits per heavy atom. The van der Waals surface area contributed by atoms with Gasteiger partial charge in [-0.3, -0.25) is 4.68 Å². The van der Waals surface area contributed by atoms with Crippen LogP contribution in [-0.2, 0) is 13.5 Å². The van der Waals surface area contributed by atoms with Crippen LogP contribution in [0.5, 0.6) is 0 Å². The average Bonchev–Trinajstić information content (AvgIpc) is 2.74. The predicted molar refractivity (Wildman–Crippen MR) is 58.3 cm³/mol. The number of thiazole rings is 1. The van der Waals surface area contributed by atoms with Crippen LogP contribution in [0.25, 0.3) is 10.7 Å². The smallest absolute Gasteiger partial charge is 0.143 e. The maximum atomic E-state index is 4.53. The van der Waals surface area contributed by atoms with Gasteiger partial charge in [0.05, 0.1) is 5.69 Å². The summed E-state index contributed by atoms with van der Waals surface area (Å²) < 4.78 is 1.80. The third-order valence-corrected chi connectivity index (χ3v) is 2.90. The highest BCUT2D eigenvalue weighted by Gasteiger charge is 2.06. The molecule has 0 aromatic carbocycles. The fourth-order valence-corrected chi connectivity index (χ4v) is 2.14. The Labute approximate surface area is 87.4 Å². The molecule has 0 unspecified atom stereocenters. The highest BCUT2D eigenvalue weighted by atomic mass is 32.1. The average molecular weight is 207 g/mol. The van der Waals surface area contributed by atoms with E-state index in [0.717, 1.165) is 23.5 Å². The number of aryl methyl sites for hydroxylation is 2. The number of rotatable bonds is 3. The van der Waals surface area contributed by atoms with Crippen LogP contribution >= 0.6 is 11.3 Å². The maximum absolute atomic E-state index is 4.53. The lowest BCUT2D eigenvalue weighted by atomic mass is 10.3. The molecular weight excluding hydrogens is 194 g/mol. The predicted octanol–water partition coefficient (Wildman–Crippen LogP) is 2.50. The summed E-state index contributed by atoms with van der Waals surface area (Å²) in [4.78, 5) is 4.53. The molecule has 0 amide bonds. The summed E-state index contributed by atoms with van der Waals surface area (Å²) in [5, 5.41) is 7.46. The molecule has 14 heavy (non-hydrogen) atoms. The second kappa shape index (κ2) is 3.92. The molecule has 0 fully saturated rings. The van der Waals surface area contributed by atoms with Crippen LogP contribution in [-0.4, -0.2) is 14.8 Å². The van der Waals surface area contributed by atoms with E-state index >= 15 is 0 Å². The molecule has 0 saturated carbocycles. The molecule has 2 rings (SSSR count). The van der Waals surface area contributed by atoms with Crippen LogP contribution in [0.4, 0.5) is 0 Å². The van der Waals surface area contributed by atoms with Crippen LogP contribution in [0.1, 0.15) is 19.0 Å². The molecule has 2 heterocycles. The van der Waals surface area contributed by atoms with Crippen molar-refractivity contribution >= 4 is 11.3 Å². The second-order valence-electron chi connectivity index (χ2n) is 3.27. The highest BCUT2D eigenvalue weighted by molar-refractivity contribution is 7.13. The van der Waals surface area contributed by atoms with Crippen molar-refractivity contribution in [2.75, 3.05) is 0 Å². The van der Waals surface area contributed by atoms with Crippen LogP contribution < -0.4 is 0 Å². The first-order valence-corrected chi connectivity index (χ1v) is 5.62. The summed E-state index contributed by atoms with van der Waals surface area (Å²) >= 11 is 1.67. The summed E-state index contributed by atoms with van der Waals surface area (Å²) in [5.74, 6) is 0. The molecule has 0 aliphatic rings. The van der Waals surface area contributed by atoms with Crippen molar-refractivity contribution in [2.24, 2.45) is 7.05 Å². The maximum Gasteiger partial charge on any atom is 0.143 e. The lowest BCUT2D eigenvalue weighted by molar-refractivity contribution is 0.770. The van der Waals surface area contributed by atoms with Gasteiger partial charge in [0, 0.05) is 18.6 Å². The van der Waals surface area contributed by atoms with Gasteiger partial charge in [0.1, 0.15) is 10.7 Å². The minimum absolute atomic E-state index is 0.972. The van der Waals surface area contributed by atoms with Gasteiger partial charge in [-0.15, -0.1) is 11.3 Å². The SMILES string of the molecule is CCCc1csc(-c2ccn(C)n2)n1. The Kier molecular flexibility index (Phi) is 2.63. The van der Waals surface area contributed by atoms with Crippen molar-refractivity contribution in [1.29, 1.82) is 0 Å². The first kappa shape index (κ1) is 9.40. The quantitative estimate of drug-likeness (QED) is 0.774. The molecule has 0 N–H and O–H groups in total. The van der Waals surface area contributed by atoms with E-state index in [0.29, 0.717) is 0 Å². The summed E-state index contributed by atoms with van der Waals surface area (Å²) in [5.41, 5.74) is 2.15. The molecule has 0 aliphatic heterocycles. The minimum Gasteiger partial charge on any atom is -0.275 e. The van der Waals surface area contributed by atoms with E-state index in [2.05, 4.69) is 22.4 Å². The number of hydrogen-bond donors (Lipinski definition) is 0. The van der Waals surface area contributed by atoms with Crippen molar-refractivity contribution in [2.45, 2.75) is 19.8 Å². The van der Waals surface area contributed by atoms with E-state index in [1.54, 1.807) is 16.0 Å². The first-order valence-electron chi connectivity index (χ1n) is 4.74. The summed E-state index contributed by atoms with van der Waals surface area (Å²) in [6.45, 7) is 2.17. The van der Waals surface area contributed by atoms with Gasteiger partial charge in [0.15, 0.2) is 0 Å². The Hall–Kier alpha value is -1.16. The van der Waals surface area contributed by atoms with Gasteiger partial charge in [-0.25, -0.2) is 4.98 Å². The topological polar surface area (TPSA) is 30.7 Å². The Balaban J connectivity index is 2.24. The van der Waals surface area contributed by atoms with Crippen LogP contribution in [0, 0.1) is 0 Å². The van der Waals surface area contributed by atoms with E-state index in [4.69, 9.17) is 0 Å². The van der Waals surface area contributed by atoms with Crippen LogP contribution in [0.15, 0.2) is 17.6 Å². The minimum atomic E-state index is 0.972. The number of nitrogens with zero attached hydrogens (tertiary/aromatic N) is 3. The van der Waals surface area contributed by atoms with E-state index in [1.165, 1.54) is 5.69 Å². The van der Waals surface area contributed by atoms with Gasteiger partial charge in [-0.1, -0.05) is 13.3 Å². The lowest BCUT2D eigenvalue weighted by Gasteiger charge is -1.89. The van der Waals surface area contributed by atoms with Crippen molar-refractivity contribution in [3.05, 3.63) is 23.3 Å². The molecular formula is C10H13N3S.